The molecule has 0 N–H and O–H groups in total. The van der Waals surface area contributed by atoms with E-state index in [9.17, 15) is 4.79 Å². The van der Waals surface area contributed by atoms with Crippen molar-refractivity contribution in [3.63, 3.8) is 0 Å². The number of hydrogen-bond acceptors (Lipinski definition) is 4. The molecule has 0 unspecified atom stereocenters. The molecular weight excluding hydrogens is 304 g/mol. The van der Waals surface area contributed by atoms with Gasteiger partial charge in [0.1, 0.15) is 11.9 Å². The number of carbonyl (C=O) groups is 1. The number of carbonyl (C=O) groups excluding carboxylic acids is 1. The number of rotatable bonds is 4. The van der Waals surface area contributed by atoms with Crippen LogP contribution >= 0.6 is 0 Å². The van der Waals surface area contributed by atoms with E-state index in [-0.39, 0.29) is 30.0 Å². The summed E-state index contributed by atoms with van der Waals surface area (Å²) in [5.41, 5.74) is 1.10. The van der Waals surface area contributed by atoms with Crippen LogP contribution in [0.3, 0.4) is 0 Å². The van der Waals surface area contributed by atoms with Crippen molar-refractivity contribution in [2.75, 3.05) is 6.61 Å². The number of ether oxygens (including phenoxy) is 3. The first-order valence-corrected chi connectivity index (χ1v) is 8.71. The molecule has 2 heterocycles. The highest BCUT2D eigenvalue weighted by atomic mass is 16.7. The molecule has 130 valence electrons. The van der Waals surface area contributed by atoms with E-state index in [1.54, 1.807) is 0 Å². The van der Waals surface area contributed by atoms with Crippen LogP contribution in [0.4, 0.5) is 0 Å². The molecule has 0 bridgehead atoms. The van der Waals surface area contributed by atoms with Gasteiger partial charge in [0.15, 0.2) is 5.79 Å². The first-order chi connectivity index (χ1) is 11.5. The van der Waals surface area contributed by atoms with Gasteiger partial charge in [-0.25, -0.2) is 0 Å². The highest BCUT2D eigenvalue weighted by Crippen LogP contribution is 2.33. The van der Waals surface area contributed by atoms with Gasteiger partial charge in [-0.1, -0.05) is 49.4 Å². The molecule has 24 heavy (non-hydrogen) atoms. The number of benzene rings is 1. The third-order valence-electron chi connectivity index (χ3n) is 4.71. The Hall–Kier alpha value is -1.49. The Labute approximate surface area is 143 Å². The molecule has 0 spiro atoms. The average Bonchev–Trinajstić information content (AvgIpc) is 2.93. The Kier molecular flexibility index (Phi) is 5.18. The molecule has 3 rings (SSSR count). The average molecular weight is 330 g/mol. The highest BCUT2D eigenvalue weighted by Gasteiger charge is 2.44. The van der Waals surface area contributed by atoms with Crippen molar-refractivity contribution in [2.24, 2.45) is 5.92 Å². The van der Waals surface area contributed by atoms with Crippen molar-refractivity contribution in [1.82, 2.24) is 0 Å². The third kappa shape index (κ3) is 3.94. The fourth-order valence-corrected chi connectivity index (χ4v) is 3.40. The maximum absolute atomic E-state index is 12.6. The molecule has 2 saturated heterocycles. The van der Waals surface area contributed by atoms with E-state index in [4.69, 9.17) is 14.2 Å². The lowest BCUT2D eigenvalue weighted by atomic mass is 9.86. The van der Waals surface area contributed by atoms with Gasteiger partial charge in [0, 0.05) is 12.3 Å². The second-order valence-corrected chi connectivity index (χ2v) is 6.96. The van der Waals surface area contributed by atoms with Gasteiger partial charge in [0.25, 0.3) is 0 Å². The molecule has 0 aromatic heterocycles. The molecule has 1 aromatic rings. The van der Waals surface area contributed by atoms with Crippen LogP contribution in [0.15, 0.2) is 36.4 Å². The predicted octanol–water partition coefficient (Wildman–Crippen LogP) is 3.60. The normalized spacial score (nSPS) is 33.2. The molecule has 2 aliphatic rings. The highest BCUT2D eigenvalue weighted by molar-refractivity contribution is 5.83. The minimum Gasteiger partial charge on any atom is -0.367 e. The summed E-state index contributed by atoms with van der Waals surface area (Å²) in [7, 11) is 0. The Bertz CT molecular complexity index is 593. The van der Waals surface area contributed by atoms with E-state index in [1.165, 1.54) is 0 Å². The Morgan fingerprint density at radius 1 is 1.21 bits per heavy atom. The van der Waals surface area contributed by atoms with Crippen LogP contribution in [0.5, 0.6) is 0 Å². The Balaban J connectivity index is 1.73. The quantitative estimate of drug-likeness (QED) is 0.846. The molecule has 0 amide bonds. The summed E-state index contributed by atoms with van der Waals surface area (Å²) in [5, 5.41) is 0. The maximum atomic E-state index is 12.6. The summed E-state index contributed by atoms with van der Waals surface area (Å²) in [4.78, 5) is 12.6. The van der Waals surface area contributed by atoms with E-state index in [2.05, 4.69) is 0 Å². The van der Waals surface area contributed by atoms with Crippen LogP contribution in [-0.4, -0.2) is 36.5 Å². The monoisotopic (exact) mass is 330 g/mol. The van der Waals surface area contributed by atoms with E-state index in [1.807, 2.05) is 63.3 Å². The lowest BCUT2D eigenvalue weighted by Gasteiger charge is -2.36. The van der Waals surface area contributed by atoms with Gasteiger partial charge in [-0.2, -0.15) is 0 Å². The minimum absolute atomic E-state index is 0.0865. The zero-order chi connectivity index (χ0) is 17.2. The molecular formula is C20H26O4. The van der Waals surface area contributed by atoms with Crippen LogP contribution in [0.2, 0.25) is 0 Å². The van der Waals surface area contributed by atoms with Gasteiger partial charge >= 0.3 is 0 Å². The van der Waals surface area contributed by atoms with Crippen LogP contribution in [0, 0.1) is 5.92 Å². The summed E-state index contributed by atoms with van der Waals surface area (Å²) in [5.74, 6) is -0.435. The van der Waals surface area contributed by atoms with Gasteiger partial charge in [-0.3, -0.25) is 4.79 Å². The molecule has 0 saturated carbocycles. The lowest BCUT2D eigenvalue weighted by molar-refractivity contribution is -0.176. The first-order valence-electron chi connectivity index (χ1n) is 8.71. The van der Waals surface area contributed by atoms with Crippen LogP contribution < -0.4 is 0 Å². The van der Waals surface area contributed by atoms with E-state index >= 15 is 0 Å². The van der Waals surface area contributed by atoms with E-state index < -0.39 is 5.79 Å². The second-order valence-electron chi connectivity index (χ2n) is 6.96. The Morgan fingerprint density at radius 3 is 2.58 bits per heavy atom. The van der Waals surface area contributed by atoms with Crippen molar-refractivity contribution >= 4 is 11.9 Å². The minimum atomic E-state index is -0.603. The number of hydrogen-bond donors (Lipinski definition) is 0. The number of ketones is 1. The van der Waals surface area contributed by atoms with Crippen molar-refractivity contribution < 1.29 is 19.0 Å². The molecule has 4 heteroatoms. The van der Waals surface area contributed by atoms with Gasteiger partial charge < -0.3 is 14.2 Å². The molecule has 1 aromatic carbocycles. The molecule has 4 atom stereocenters. The maximum Gasteiger partial charge on any atom is 0.163 e. The molecule has 4 nitrogen and oxygen atoms in total. The second kappa shape index (κ2) is 7.18. The zero-order valence-electron chi connectivity index (χ0n) is 14.6. The van der Waals surface area contributed by atoms with Crippen LogP contribution in [-0.2, 0) is 19.0 Å². The van der Waals surface area contributed by atoms with Gasteiger partial charge in [-0.15, -0.1) is 0 Å². The fourth-order valence-electron chi connectivity index (χ4n) is 3.40. The van der Waals surface area contributed by atoms with Gasteiger partial charge in [0.2, 0.25) is 0 Å². The summed E-state index contributed by atoms with van der Waals surface area (Å²) >= 11 is 0. The van der Waals surface area contributed by atoms with Crippen molar-refractivity contribution in [1.29, 1.82) is 0 Å². The molecule has 2 aliphatic heterocycles. The molecule has 0 radical (unpaired) electrons. The van der Waals surface area contributed by atoms with E-state index in [0.717, 1.165) is 12.0 Å². The van der Waals surface area contributed by atoms with Gasteiger partial charge in [0.05, 0.1) is 18.8 Å². The lowest BCUT2D eigenvalue weighted by Crippen LogP contribution is -2.46. The third-order valence-corrected chi connectivity index (χ3v) is 4.71. The Morgan fingerprint density at radius 2 is 1.96 bits per heavy atom. The van der Waals surface area contributed by atoms with Gasteiger partial charge in [-0.05, 0) is 25.8 Å². The zero-order valence-corrected chi connectivity index (χ0v) is 14.6. The molecule has 0 aliphatic carbocycles. The summed E-state index contributed by atoms with van der Waals surface area (Å²) < 4.78 is 17.8. The summed E-state index contributed by atoms with van der Waals surface area (Å²) in [6.07, 6.45) is 4.57. The topological polar surface area (TPSA) is 44.8 Å². The first kappa shape index (κ1) is 17.3. The largest absolute Gasteiger partial charge is 0.367 e. The smallest absolute Gasteiger partial charge is 0.163 e. The molecule has 2 fully saturated rings. The van der Waals surface area contributed by atoms with Crippen molar-refractivity contribution in [2.45, 2.75) is 57.7 Å². The SMILES string of the molecule is CC[C@H]1C(=O)C[C@@H]([C@H]2COC(C)(C)O2)O[C@H]1/C=C/c1ccccc1. The standard InChI is InChI=1S/C20H26O4/c1-4-15-16(21)12-18(19-13-22-20(2,3)24-19)23-17(15)11-10-14-8-6-5-7-9-14/h5-11,15,17-19H,4,12-13H2,1-3H3/b11-10+/t15-,17-,18-,19+/m0/s1. The summed E-state index contributed by atoms with van der Waals surface area (Å²) in [6, 6.07) is 10.1. The number of Topliss-reactive ketones (excluding diaryl/α,β-unsaturated/α-hetero) is 1. The van der Waals surface area contributed by atoms with E-state index in [0.29, 0.717) is 13.0 Å². The van der Waals surface area contributed by atoms with Crippen LogP contribution in [0.25, 0.3) is 6.08 Å². The van der Waals surface area contributed by atoms with Crippen LogP contribution in [0.1, 0.15) is 39.2 Å². The predicted molar refractivity (Wildman–Crippen MR) is 92.4 cm³/mol. The summed E-state index contributed by atoms with van der Waals surface area (Å²) in [6.45, 7) is 6.28. The van der Waals surface area contributed by atoms with Crippen molar-refractivity contribution in [3.8, 4) is 0 Å². The van der Waals surface area contributed by atoms with Crippen molar-refractivity contribution in [3.05, 3.63) is 42.0 Å². The fraction of sp³-hybridized carbons (Fsp3) is 0.550.